The Bertz CT molecular complexity index is 1220. The van der Waals surface area contributed by atoms with Gasteiger partial charge in [0.25, 0.3) is 5.91 Å². The van der Waals surface area contributed by atoms with Crippen molar-refractivity contribution in [3.8, 4) is 17.2 Å². The Morgan fingerprint density at radius 2 is 1.97 bits per heavy atom. The summed E-state index contributed by atoms with van der Waals surface area (Å²) in [7, 11) is 0. The van der Waals surface area contributed by atoms with Gasteiger partial charge in [0, 0.05) is 21.8 Å². The van der Waals surface area contributed by atoms with Crippen LogP contribution < -0.4 is 10.1 Å². The predicted octanol–water partition coefficient (Wildman–Crippen LogP) is 6.50. The molecule has 0 fully saturated rings. The minimum absolute atomic E-state index is 0.207. The number of oxazole rings is 1. The van der Waals surface area contributed by atoms with E-state index < -0.39 is 0 Å². The SMILES string of the molecule is CCCOc1cccc(C(=O)Nc2cccc(-c3nc4cc(Cl)ccc4o3)c2C)c1. The summed E-state index contributed by atoms with van der Waals surface area (Å²) >= 11 is 6.05. The van der Waals surface area contributed by atoms with E-state index in [2.05, 4.69) is 10.3 Å². The molecule has 1 amide bonds. The van der Waals surface area contributed by atoms with Crippen LogP contribution in [0.3, 0.4) is 0 Å². The number of aromatic nitrogens is 1. The van der Waals surface area contributed by atoms with Gasteiger partial charge in [-0.1, -0.05) is 30.7 Å². The normalized spacial score (nSPS) is 10.9. The molecule has 0 aliphatic rings. The van der Waals surface area contributed by atoms with E-state index in [1.54, 1.807) is 30.3 Å². The van der Waals surface area contributed by atoms with Crippen molar-refractivity contribution in [3.05, 3.63) is 76.8 Å². The molecule has 1 N–H and O–H groups in total. The van der Waals surface area contributed by atoms with E-state index >= 15 is 0 Å². The summed E-state index contributed by atoms with van der Waals surface area (Å²) in [5.74, 6) is 0.956. The summed E-state index contributed by atoms with van der Waals surface area (Å²) in [4.78, 5) is 17.3. The summed E-state index contributed by atoms with van der Waals surface area (Å²) in [6.07, 6.45) is 0.907. The lowest BCUT2D eigenvalue weighted by Gasteiger charge is -2.12. The maximum atomic E-state index is 12.8. The number of hydrogen-bond donors (Lipinski definition) is 1. The van der Waals surface area contributed by atoms with Crippen molar-refractivity contribution in [2.24, 2.45) is 0 Å². The summed E-state index contributed by atoms with van der Waals surface area (Å²) in [6.45, 7) is 4.58. The van der Waals surface area contributed by atoms with Crippen LogP contribution in [0.5, 0.6) is 5.75 Å². The molecule has 30 heavy (non-hydrogen) atoms. The summed E-state index contributed by atoms with van der Waals surface area (Å²) in [5, 5.41) is 3.58. The molecule has 0 spiro atoms. The van der Waals surface area contributed by atoms with Gasteiger partial charge >= 0.3 is 0 Å². The fourth-order valence-corrected chi connectivity index (χ4v) is 3.33. The van der Waals surface area contributed by atoms with Gasteiger partial charge in [0.1, 0.15) is 11.3 Å². The largest absolute Gasteiger partial charge is 0.494 e. The first kappa shape index (κ1) is 20.0. The van der Waals surface area contributed by atoms with E-state index in [1.165, 1.54) is 0 Å². The maximum absolute atomic E-state index is 12.8. The van der Waals surface area contributed by atoms with Crippen LogP contribution in [0.1, 0.15) is 29.3 Å². The minimum atomic E-state index is -0.207. The molecular weight excluding hydrogens is 400 g/mol. The fourth-order valence-electron chi connectivity index (χ4n) is 3.16. The fraction of sp³-hybridized carbons (Fsp3) is 0.167. The highest BCUT2D eigenvalue weighted by molar-refractivity contribution is 6.31. The van der Waals surface area contributed by atoms with Gasteiger partial charge in [0.2, 0.25) is 5.89 Å². The number of ether oxygens (including phenoxy) is 1. The van der Waals surface area contributed by atoms with Crippen LogP contribution in [0.25, 0.3) is 22.6 Å². The third-order valence-corrected chi connectivity index (χ3v) is 4.97. The van der Waals surface area contributed by atoms with Crippen molar-refractivity contribution in [3.63, 3.8) is 0 Å². The Hall–Kier alpha value is -3.31. The molecule has 3 aromatic carbocycles. The molecule has 6 heteroatoms. The third kappa shape index (κ3) is 4.16. The standard InChI is InChI=1S/C24H21ClN2O3/c1-3-12-29-18-7-4-6-16(13-18)23(28)26-20-9-5-8-19(15(20)2)24-27-21-14-17(25)10-11-22(21)30-24/h4-11,13-14H,3,12H2,1-2H3,(H,26,28). The zero-order valence-corrected chi connectivity index (χ0v) is 17.5. The van der Waals surface area contributed by atoms with Crippen molar-refractivity contribution in [2.45, 2.75) is 20.3 Å². The molecule has 152 valence electrons. The minimum Gasteiger partial charge on any atom is -0.494 e. The molecule has 0 unspecified atom stereocenters. The highest BCUT2D eigenvalue weighted by Gasteiger charge is 2.15. The first-order valence-electron chi connectivity index (χ1n) is 9.75. The first-order chi connectivity index (χ1) is 14.5. The average molecular weight is 421 g/mol. The van der Waals surface area contributed by atoms with Crippen LogP contribution in [-0.4, -0.2) is 17.5 Å². The number of amides is 1. The van der Waals surface area contributed by atoms with Crippen molar-refractivity contribution in [1.29, 1.82) is 0 Å². The Morgan fingerprint density at radius 3 is 2.80 bits per heavy atom. The van der Waals surface area contributed by atoms with Crippen LogP contribution >= 0.6 is 11.6 Å². The summed E-state index contributed by atoms with van der Waals surface area (Å²) in [6, 6.07) is 18.1. The number of halogens is 1. The number of benzene rings is 3. The highest BCUT2D eigenvalue weighted by Crippen LogP contribution is 2.31. The van der Waals surface area contributed by atoms with Crippen LogP contribution in [-0.2, 0) is 0 Å². The molecular formula is C24H21ClN2O3. The van der Waals surface area contributed by atoms with Crippen molar-refractivity contribution >= 4 is 34.3 Å². The zero-order valence-electron chi connectivity index (χ0n) is 16.7. The predicted molar refractivity (Wildman–Crippen MR) is 119 cm³/mol. The second kappa shape index (κ2) is 8.59. The highest BCUT2D eigenvalue weighted by atomic mass is 35.5. The first-order valence-corrected chi connectivity index (χ1v) is 10.1. The molecule has 1 heterocycles. The molecule has 4 rings (SSSR count). The lowest BCUT2D eigenvalue weighted by Crippen LogP contribution is -2.13. The van der Waals surface area contributed by atoms with Crippen LogP contribution in [0, 0.1) is 6.92 Å². The van der Waals surface area contributed by atoms with Gasteiger partial charge in [0.15, 0.2) is 5.58 Å². The van der Waals surface area contributed by atoms with Gasteiger partial charge in [-0.15, -0.1) is 0 Å². The molecule has 0 atom stereocenters. The number of fused-ring (bicyclic) bond motifs is 1. The smallest absolute Gasteiger partial charge is 0.255 e. The molecule has 0 radical (unpaired) electrons. The number of hydrogen-bond acceptors (Lipinski definition) is 4. The second-order valence-corrected chi connectivity index (χ2v) is 7.38. The van der Waals surface area contributed by atoms with Crippen LogP contribution in [0.4, 0.5) is 5.69 Å². The molecule has 1 aromatic heterocycles. The number of carbonyl (C=O) groups is 1. The van der Waals surface area contributed by atoms with Gasteiger partial charge < -0.3 is 14.5 Å². The molecule has 4 aromatic rings. The molecule has 0 saturated carbocycles. The summed E-state index contributed by atoms with van der Waals surface area (Å²) in [5.41, 5.74) is 4.24. The second-order valence-electron chi connectivity index (χ2n) is 6.94. The van der Waals surface area contributed by atoms with E-state index in [1.807, 2.05) is 44.2 Å². The maximum Gasteiger partial charge on any atom is 0.255 e. The third-order valence-electron chi connectivity index (χ3n) is 4.73. The number of carbonyl (C=O) groups excluding carboxylic acids is 1. The van der Waals surface area contributed by atoms with Gasteiger partial charge in [-0.25, -0.2) is 4.98 Å². The lowest BCUT2D eigenvalue weighted by molar-refractivity contribution is 0.102. The summed E-state index contributed by atoms with van der Waals surface area (Å²) < 4.78 is 11.5. The quantitative estimate of drug-likeness (QED) is 0.386. The van der Waals surface area contributed by atoms with Crippen molar-refractivity contribution in [1.82, 2.24) is 4.98 Å². The molecule has 0 saturated heterocycles. The Kier molecular flexibility index (Phi) is 5.72. The monoisotopic (exact) mass is 420 g/mol. The lowest BCUT2D eigenvalue weighted by atomic mass is 10.1. The zero-order chi connectivity index (χ0) is 21.1. The molecule has 5 nitrogen and oxygen atoms in total. The van der Waals surface area contributed by atoms with E-state index in [9.17, 15) is 4.79 Å². The van der Waals surface area contributed by atoms with Gasteiger partial charge in [0.05, 0.1) is 6.61 Å². The van der Waals surface area contributed by atoms with E-state index in [0.717, 1.165) is 17.5 Å². The van der Waals surface area contributed by atoms with Crippen LogP contribution in [0.2, 0.25) is 5.02 Å². The molecule has 0 bridgehead atoms. The van der Waals surface area contributed by atoms with Gasteiger partial charge in [-0.3, -0.25) is 4.79 Å². The molecule has 0 aliphatic heterocycles. The number of anilines is 1. The van der Waals surface area contributed by atoms with Gasteiger partial charge in [-0.05, 0) is 67.4 Å². The van der Waals surface area contributed by atoms with Crippen LogP contribution in [0.15, 0.2) is 65.1 Å². The number of nitrogens with one attached hydrogen (secondary N) is 1. The molecule has 0 aliphatic carbocycles. The van der Waals surface area contributed by atoms with E-state index in [0.29, 0.717) is 45.6 Å². The van der Waals surface area contributed by atoms with Crippen molar-refractivity contribution in [2.75, 3.05) is 11.9 Å². The van der Waals surface area contributed by atoms with Crippen molar-refractivity contribution < 1.29 is 13.9 Å². The number of nitrogens with zero attached hydrogens (tertiary/aromatic N) is 1. The average Bonchev–Trinajstić information content (AvgIpc) is 3.16. The number of rotatable bonds is 6. The Morgan fingerprint density at radius 1 is 1.13 bits per heavy atom. The van der Waals surface area contributed by atoms with E-state index in [-0.39, 0.29) is 5.91 Å². The Balaban J connectivity index is 1.60. The van der Waals surface area contributed by atoms with E-state index in [4.69, 9.17) is 20.8 Å². The van der Waals surface area contributed by atoms with Gasteiger partial charge in [-0.2, -0.15) is 0 Å². The topological polar surface area (TPSA) is 64.4 Å². The Labute approximate surface area is 179 Å².